The van der Waals surface area contributed by atoms with E-state index in [4.69, 9.17) is 0 Å². The third-order valence-electron chi connectivity index (χ3n) is 5.03. The third kappa shape index (κ3) is 6.57. The molecule has 0 spiro atoms. The maximum atomic E-state index is 3.97. The van der Waals surface area contributed by atoms with Crippen molar-refractivity contribution >= 4 is 5.57 Å². The predicted octanol–water partition coefficient (Wildman–Crippen LogP) is 7.27. The number of allylic oxidation sites excluding steroid dienone is 1. The molecule has 0 fully saturated rings. The van der Waals surface area contributed by atoms with Gasteiger partial charge >= 0.3 is 0 Å². The van der Waals surface area contributed by atoms with Crippen LogP contribution >= 0.6 is 0 Å². The van der Waals surface area contributed by atoms with E-state index in [0.717, 1.165) is 22.6 Å². The average Bonchev–Trinajstić information content (AvgIpc) is 2.67. The summed E-state index contributed by atoms with van der Waals surface area (Å²) < 4.78 is 0. The highest BCUT2D eigenvalue weighted by molar-refractivity contribution is 5.62. The number of benzene rings is 2. The van der Waals surface area contributed by atoms with Gasteiger partial charge in [-0.25, -0.2) is 0 Å². The molecule has 0 saturated carbocycles. The largest absolute Gasteiger partial charge is 0.0955 e. The van der Waals surface area contributed by atoms with Crippen molar-refractivity contribution in [2.75, 3.05) is 0 Å². The van der Waals surface area contributed by atoms with Crippen LogP contribution in [0.2, 0.25) is 0 Å². The van der Waals surface area contributed by atoms with Crippen molar-refractivity contribution in [1.82, 2.24) is 0 Å². The molecule has 0 nitrogen and oxygen atoms in total. The van der Waals surface area contributed by atoms with E-state index in [1.807, 2.05) is 6.92 Å². The van der Waals surface area contributed by atoms with Gasteiger partial charge < -0.3 is 0 Å². The molecule has 2 aromatic rings. The molecule has 0 aliphatic rings. The van der Waals surface area contributed by atoms with Crippen molar-refractivity contribution in [3.63, 3.8) is 0 Å². The molecule has 2 rings (SSSR count). The van der Waals surface area contributed by atoms with Gasteiger partial charge in [-0.2, -0.15) is 0 Å². The molecule has 2 aromatic carbocycles. The topological polar surface area (TPSA) is 0 Å². The van der Waals surface area contributed by atoms with E-state index in [9.17, 15) is 0 Å². The van der Waals surface area contributed by atoms with E-state index in [2.05, 4.69) is 80.8 Å². The van der Waals surface area contributed by atoms with E-state index < -0.39 is 0 Å². The SMILES string of the molecule is C=C(C)c1ccc(C#Cc2ccc(CCCC(CC)CCC)cc2)cc1. The monoisotopic (exact) mass is 344 g/mol. The summed E-state index contributed by atoms with van der Waals surface area (Å²) in [5.41, 5.74) is 5.80. The lowest BCUT2D eigenvalue weighted by molar-refractivity contribution is 0.419. The average molecular weight is 345 g/mol. The summed E-state index contributed by atoms with van der Waals surface area (Å²) in [6.07, 6.45) is 7.82. The Hall–Kier alpha value is -2.26. The molecule has 0 N–H and O–H groups in total. The summed E-state index contributed by atoms with van der Waals surface area (Å²) in [6.45, 7) is 10.6. The number of rotatable bonds is 8. The molecule has 0 bridgehead atoms. The molecule has 0 aliphatic heterocycles. The maximum Gasteiger partial charge on any atom is 0.0249 e. The van der Waals surface area contributed by atoms with Gasteiger partial charge in [0.15, 0.2) is 0 Å². The maximum absolute atomic E-state index is 3.97. The van der Waals surface area contributed by atoms with E-state index in [1.54, 1.807) is 0 Å². The molecule has 26 heavy (non-hydrogen) atoms. The smallest absolute Gasteiger partial charge is 0.0249 e. The second kappa shape index (κ2) is 10.7. The first-order chi connectivity index (χ1) is 12.6. The van der Waals surface area contributed by atoms with Crippen LogP contribution in [-0.2, 0) is 6.42 Å². The zero-order valence-corrected chi connectivity index (χ0v) is 16.6. The summed E-state index contributed by atoms with van der Waals surface area (Å²) in [7, 11) is 0. The van der Waals surface area contributed by atoms with E-state index >= 15 is 0 Å². The predicted molar refractivity (Wildman–Crippen MR) is 115 cm³/mol. The molecule has 0 saturated heterocycles. The van der Waals surface area contributed by atoms with Crippen LogP contribution in [-0.4, -0.2) is 0 Å². The first-order valence-electron chi connectivity index (χ1n) is 9.99. The fourth-order valence-electron chi connectivity index (χ4n) is 3.29. The van der Waals surface area contributed by atoms with Crippen LogP contribution < -0.4 is 0 Å². The summed E-state index contributed by atoms with van der Waals surface area (Å²) in [5.74, 6) is 7.42. The zero-order chi connectivity index (χ0) is 18.8. The van der Waals surface area contributed by atoms with Gasteiger partial charge in [0.2, 0.25) is 0 Å². The second-order valence-corrected chi connectivity index (χ2v) is 7.26. The van der Waals surface area contributed by atoms with E-state index in [-0.39, 0.29) is 0 Å². The zero-order valence-electron chi connectivity index (χ0n) is 16.6. The Labute approximate surface area is 160 Å². The molecular formula is C26H32. The molecule has 0 radical (unpaired) electrons. The van der Waals surface area contributed by atoms with Gasteiger partial charge in [0.25, 0.3) is 0 Å². The highest BCUT2D eigenvalue weighted by Crippen LogP contribution is 2.19. The van der Waals surface area contributed by atoms with Crippen molar-refractivity contribution in [2.24, 2.45) is 5.92 Å². The molecule has 136 valence electrons. The number of hydrogen-bond donors (Lipinski definition) is 0. The summed E-state index contributed by atoms with van der Waals surface area (Å²) in [5, 5.41) is 0. The van der Waals surface area contributed by atoms with Crippen LogP contribution in [0.25, 0.3) is 5.57 Å². The molecule has 1 unspecified atom stereocenters. The van der Waals surface area contributed by atoms with Crippen LogP contribution in [0.4, 0.5) is 0 Å². The van der Waals surface area contributed by atoms with Crippen molar-refractivity contribution in [2.45, 2.75) is 59.3 Å². The standard InChI is InChI=1S/C26H32/c1-5-8-22(6-2)9-7-10-23-11-13-24(14-12-23)15-16-25-17-19-26(20-18-25)21(3)4/h11-14,17-20,22H,3,5-10H2,1-2,4H3. The van der Waals surface area contributed by atoms with Gasteiger partial charge in [-0.15, -0.1) is 0 Å². The molecule has 0 amide bonds. The third-order valence-corrected chi connectivity index (χ3v) is 5.03. The van der Waals surface area contributed by atoms with Gasteiger partial charge in [-0.05, 0) is 61.1 Å². The summed E-state index contributed by atoms with van der Waals surface area (Å²) >= 11 is 0. The Morgan fingerprint density at radius 1 is 0.885 bits per heavy atom. The van der Waals surface area contributed by atoms with Crippen LogP contribution in [0.1, 0.15) is 75.1 Å². The van der Waals surface area contributed by atoms with E-state index in [0.29, 0.717) is 0 Å². The fourth-order valence-corrected chi connectivity index (χ4v) is 3.29. The highest BCUT2D eigenvalue weighted by Gasteiger charge is 2.04. The van der Waals surface area contributed by atoms with Crippen LogP contribution in [0.5, 0.6) is 0 Å². The lowest BCUT2D eigenvalue weighted by atomic mass is 9.93. The van der Waals surface area contributed by atoms with Gasteiger partial charge in [-0.3, -0.25) is 0 Å². The summed E-state index contributed by atoms with van der Waals surface area (Å²) in [4.78, 5) is 0. The number of hydrogen-bond acceptors (Lipinski definition) is 0. The lowest BCUT2D eigenvalue weighted by Crippen LogP contribution is -1.99. The normalized spacial score (nSPS) is 11.5. The first-order valence-corrected chi connectivity index (χ1v) is 9.99. The molecule has 0 heterocycles. The molecule has 1 atom stereocenters. The van der Waals surface area contributed by atoms with Crippen molar-refractivity contribution in [3.05, 3.63) is 77.4 Å². The van der Waals surface area contributed by atoms with Crippen LogP contribution in [0.3, 0.4) is 0 Å². The van der Waals surface area contributed by atoms with Crippen LogP contribution in [0, 0.1) is 17.8 Å². The minimum Gasteiger partial charge on any atom is -0.0955 e. The van der Waals surface area contributed by atoms with E-state index in [1.165, 1.54) is 49.7 Å². The minimum absolute atomic E-state index is 0.904. The molecule has 0 heteroatoms. The Kier molecular flexibility index (Phi) is 8.23. The first kappa shape index (κ1) is 20.1. The quantitative estimate of drug-likeness (QED) is 0.442. The van der Waals surface area contributed by atoms with Crippen LogP contribution in [0.15, 0.2) is 55.1 Å². The Balaban J connectivity index is 1.88. The fraction of sp³-hybridized carbons (Fsp3) is 0.385. The minimum atomic E-state index is 0.904. The number of aryl methyl sites for hydroxylation is 1. The van der Waals surface area contributed by atoms with Gasteiger partial charge in [0, 0.05) is 11.1 Å². The Bertz CT molecular complexity index is 735. The second-order valence-electron chi connectivity index (χ2n) is 7.26. The lowest BCUT2D eigenvalue weighted by Gasteiger charge is -2.13. The van der Waals surface area contributed by atoms with Crippen molar-refractivity contribution in [1.29, 1.82) is 0 Å². The van der Waals surface area contributed by atoms with Gasteiger partial charge in [0.1, 0.15) is 0 Å². The Morgan fingerprint density at radius 2 is 1.46 bits per heavy atom. The molecular weight excluding hydrogens is 312 g/mol. The van der Waals surface area contributed by atoms with Crippen molar-refractivity contribution in [3.8, 4) is 11.8 Å². The van der Waals surface area contributed by atoms with Crippen molar-refractivity contribution < 1.29 is 0 Å². The molecule has 0 aliphatic carbocycles. The van der Waals surface area contributed by atoms with Gasteiger partial charge in [0.05, 0.1) is 0 Å². The highest BCUT2D eigenvalue weighted by atomic mass is 14.1. The molecule has 0 aromatic heterocycles. The van der Waals surface area contributed by atoms with Gasteiger partial charge in [-0.1, -0.05) is 87.8 Å². The Morgan fingerprint density at radius 3 is 1.96 bits per heavy atom. The summed E-state index contributed by atoms with van der Waals surface area (Å²) in [6, 6.07) is 17.0.